The van der Waals surface area contributed by atoms with Crippen LogP contribution in [0.3, 0.4) is 0 Å². The molecule has 6 heteroatoms. The fourth-order valence-corrected chi connectivity index (χ4v) is 1.20. The Kier molecular flexibility index (Phi) is 5.35. The molecular weight excluding hydrogens is 220 g/mol. The van der Waals surface area contributed by atoms with Crippen LogP contribution in [0.25, 0.3) is 0 Å². The van der Waals surface area contributed by atoms with Gasteiger partial charge in [0.05, 0.1) is 7.11 Å². The highest BCUT2D eigenvalue weighted by Gasteiger charge is 2.08. The molecular formula is C11H18N4O2. The van der Waals surface area contributed by atoms with E-state index in [2.05, 4.69) is 39.2 Å². The van der Waals surface area contributed by atoms with Crippen LogP contribution in [0.4, 0.5) is 5.82 Å². The molecule has 1 rings (SSSR count). The molecule has 2 N–H and O–H groups in total. The van der Waals surface area contributed by atoms with Crippen molar-refractivity contribution in [1.29, 1.82) is 0 Å². The average molecular weight is 238 g/mol. The monoisotopic (exact) mass is 238 g/mol. The molecule has 0 aliphatic heterocycles. The second-order valence-electron chi connectivity index (χ2n) is 3.79. The summed E-state index contributed by atoms with van der Waals surface area (Å²) in [5, 5.41) is 6.36. The first-order valence-corrected chi connectivity index (χ1v) is 5.52. The third kappa shape index (κ3) is 4.78. The summed E-state index contributed by atoms with van der Waals surface area (Å²) < 4.78 is 4.54. The van der Waals surface area contributed by atoms with Gasteiger partial charge in [0.15, 0.2) is 0 Å². The predicted molar refractivity (Wildman–Crippen MR) is 65.0 cm³/mol. The summed E-state index contributed by atoms with van der Waals surface area (Å²) in [6, 6.07) is 2.16. The summed E-state index contributed by atoms with van der Waals surface area (Å²) in [5.74, 6) is 0.147. The molecule has 0 saturated heterocycles. The highest BCUT2D eigenvalue weighted by atomic mass is 16.5. The van der Waals surface area contributed by atoms with Crippen molar-refractivity contribution in [3.8, 4) is 0 Å². The molecule has 17 heavy (non-hydrogen) atoms. The van der Waals surface area contributed by atoms with Gasteiger partial charge in [-0.3, -0.25) is 0 Å². The molecule has 0 atom stereocenters. The topological polar surface area (TPSA) is 76.1 Å². The molecule has 1 aromatic heterocycles. The number of aromatic nitrogens is 2. The maximum absolute atomic E-state index is 11.2. The van der Waals surface area contributed by atoms with Gasteiger partial charge in [-0.05, 0) is 6.07 Å². The van der Waals surface area contributed by atoms with Crippen molar-refractivity contribution in [3.63, 3.8) is 0 Å². The maximum atomic E-state index is 11.2. The number of anilines is 1. The lowest BCUT2D eigenvalue weighted by Crippen LogP contribution is -2.28. The van der Waals surface area contributed by atoms with Gasteiger partial charge in [-0.2, -0.15) is 0 Å². The van der Waals surface area contributed by atoms with E-state index in [0.717, 1.165) is 13.1 Å². The van der Waals surface area contributed by atoms with Crippen LogP contribution in [-0.2, 0) is 4.74 Å². The van der Waals surface area contributed by atoms with E-state index in [1.165, 1.54) is 13.3 Å². The summed E-state index contributed by atoms with van der Waals surface area (Å²) in [4.78, 5) is 19.1. The maximum Gasteiger partial charge on any atom is 0.376 e. The van der Waals surface area contributed by atoms with Gasteiger partial charge >= 0.3 is 5.97 Å². The molecule has 0 aromatic carbocycles. The number of hydrogen-bond acceptors (Lipinski definition) is 6. The van der Waals surface area contributed by atoms with Crippen molar-refractivity contribution in [2.24, 2.45) is 0 Å². The second kappa shape index (κ2) is 6.80. The molecule has 94 valence electrons. The van der Waals surface area contributed by atoms with E-state index in [-0.39, 0.29) is 5.82 Å². The Morgan fingerprint density at radius 3 is 2.88 bits per heavy atom. The highest BCUT2D eigenvalue weighted by Crippen LogP contribution is 2.02. The summed E-state index contributed by atoms with van der Waals surface area (Å²) in [7, 11) is 1.30. The van der Waals surface area contributed by atoms with Gasteiger partial charge in [-0.15, -0.1) is 0 Å². The fourth-order valence-electron chi connectivity index (χ4n) is 1.20. The van der Waals surface area contributed by atoms with Crippen molar-refractivity contribution < 1.29 is 9.53 Å². The van der Waals surface area contributed by atoms with E-state index in [9.17, 15) is 4.79 Å². The standard InChI is InChI=1S/C11H18N4O2/c1-8(2)12-6-7-13-9-4-5-14-10(15-9)11(16)17-3/h4-5,8,12H,6-7H2,1-3H3,(H,13,14,15). The fraction of sp³-hybridized carbons (Fsp3) is 0.545. The van der Waals surface area contributed by atoms with Crippen molar-refractivity contribution in [2.75, 3.05) is 25.5 Å². The number of esters is 1. The van der Waals surface area contributed by atoms with Crippen LogP contribution < -0.4 is 10.6 Å². The largest absolute Gasteiger partial charge is 0.463 e. The van der Waals surface area contributed by atoms with E-state index < -0.39 is 5.97 Å². The van der Waals surface area contributed by atoms with E-state index in [1.807, 2.05) is 0 Å². The quantitative estimate of drug-likeness (QED) is 0.560. The zero-order valence-corrected chi connectivity index (χ0v) is 10.4. The Labute approximate surface area is 101 Å². The zero-order valence-electron chi connectivity index (χ0n) is 10.4. The van der Waals surface area contributed by atoms with Crippen LogP contribution in [0.5, 0.6) is 0 Å². The van der Waals surface area contributed by atoms with Gasteiger partial charge in [0.2, 0.25) is 5.82 Å². The summed E-state index contributed by atoms with van der Waals surface area (Å²) in [5.41, 5.74) is 0. The Hall–Kier alpha value is -1.69. The molecule has 0 amide bonds. The van der Waals surface area contributed by atoms with Gasteiger partial charge in [-0.25, -0.2) is 14.8 Å². The lowest BCUT2D eigenvalue weighted by atomic mass is 10.4. The molecule has 6 nitrogen and oxygen atoms in total. The third-order valence-electron chi connectivity index (χ3n) is 2.01. The predicted octanol–water partition coefficient (Wildman–Crippen LogP) is 0.673. The van der Waals surface area contributed by atoms with E-state index in [4.69, 9.17) is 0 Å². The molecule has 0 fully saturated rings. The van der Waals surface area contributed by atoms with Gasteiger partial charge < -0.3 is 15.4 Å². The smallest absolute Gasteiger partial charge is 0.376 e. The minimum Gasteiger partial charge on any atom is -0.463 e. The number of nitrogens with zero attached hydrogens (tertiary/aromatic N) is 2. The summed E-state index contributed by atoms with van der Waals surface area (Å²) in [6.45, 7) is 5.73. The molecule has 0 aliphatic carbocycles. The molecule has 0 bridgehead atoms. The van der Waals surface area contributed by atoms with Crippen molar-refractivity contribution in [2.45, 2.75) is 19.9 Å². The van der Waals surface area contributed by atoms with E-state index in [0.29, 0.717) is 11.9 Å². The van der Waals surface area contributed by atoms with Gasteiger partial charge in [0.25, 0.3) is 0 Å². The molecule has 1 heterocycles. The van der Waals surface area contributed by atoms with Crippen molar-refractivity contribution in [3.05, 3.63) is 18.1 Å². The molecule has 0 aliphatic rings. The minimum absolute atomic E-state index is 0.0642. The zero-order chi connectivity index (χ0) is 12.7. The molecule has 0 unspecified atom stereocenters. The Bertz CT molecular complexity index is 368. The van der Waals surface area contributed by atoms with Crippen LogP contribution in [0.1, 0.15) is 24.5 Å². The van der Waals surface area contributed by atoms with Crippen molar-refractivity contribution in [1.82, 2.24) is 15.3 Å². The number of carbonyl (C=O) groups excluding carboxylic acids is 1. The third-order valence-corrected chi connectivity index (χ3v) is 2.01. The van der Waals surface area contributed by atoms with Crippen LogP contribution >= 0.6 is 0 Å². The number of rotatable bonds is 6. The lowest BCUT2D eigenvalue weighted by Gasteiger charge is -2.09. The number of nitrogens with one attached hydrogen (secondary N) is 2. The van der Waals surface area contributed by atoms with Crippen LogP contribution in [0, 0.1) is 0 Å². The summed E-state index contributed by atoms with van der Waals surface area (Å²) in [6.07, 6.45) is 1.53. The van der Waals surface area contributed by atoms with Gasteiger partial charge in [-0.1, -0.05) is 13.8 Å². The Balaban J connectivity index is 2.46. The lowest BCUT2D eigenvalue weighted by molar-refractivity contribution is 0.0587. The first-order chi connectivity index (χ1) is 8.13. The minimum atomic E-state index is -0.533. The normalized spacial score (nSPS) is 10.4. The van der Waals surface area contributed by atoms with Crippen LogP contribution in [-0.4, -0.2) is 42.2 Å². The number of carbonyl (C=O) groups is 1. The summed E-state index contributed by atoms with van der Waals surface area (Å²) >= 11 is 0. The Morgan fingerprint density at radius 1 is 1.47 bits per heavy atom. The SMILES string of the molecule is COC(=O)c1nccc(NCCNC(C)C)n1. The van der Waals surface area contributed by atoms with E-state index in [1.54, 1.807) is 6.07 Å². The number of methoxy groups -OCH3 is 1. The van der Waals surface area contributed by atoms with Gasteiger partial charge in [0.1, 0.15) is 5.82 Å². The second-order valence-corrected chi connectivity index (χ2v) is 3.79. The first kappa shape index (κ1) is 13.4. The van der Waals surface area contributed by atoms with Crippen LogP contribution in [0.15, 0.2) is 12.3 Å². The Morgan fingerprint density at radius 2 is 2.24 bits per heavy atom. The van der Waals surface area contributed by atoms with Crippen molar-refractivity contribution >= 4 is 11.8 Å². The number of hydrogen-bond donors (Lipinski definition) is 2. The molecule has 1 aromatic rings. The highest BCUT2D eigenvalue weighted by molar-refractivity contribution is 5.85. The molecule has 0 spiro atoms. The van der Waals surface area contributed by atoms with E-state index >= 15 is 0 Å². The molecule has 0 saturated carbocycles. The number of ether oxygens (including phenoxy) is 1. The van der Waals surface area contributed by atoms with Gasteiger partial charge in [0, 0.05) is 25.3 Å². The van der Waals surface area contributed by atoms with Crippen LogP contribution in [0.2, 0.25) is 0 Å². The molecule has 0 radical (unpaired) electrons. The average Bonchev–Trinajstić information content (AvgIpc) is 2.34. The first-order valence-electron chi connectivity index (χ1n) is 5.52.